The van der Waals surface area contributed by atoms with Crippen LogP contribution in [0, 0.1) is 0 Å². The monoisotopic (exact) mass is 294 g/mol. The first-order valence-electron chi connectivity index (χ1n) is 7.01. The summed E-state index contributed by atoms with van der Waals surface area (Å²) in [5, 5.41) is 13.7. The van der Waals surface area contributed by atoms with Crippen LogP contribution in [0.3, 0.4) is 0 Å². The van der Waals surface area contributed by atoms with Crippen LogP contribution in [0.15, 0.2) is 24.3 Å². The SMILES string of the molecule is CCCOc1ccc(C(C)NC(=O)NCCC(=O)O)cc1. The van der Waals surface area contributed by atoms with Crippen molar-refractivity contribution in [1.29, 1.82) is 0 Å². The van der Waals surface area contributed by atoms with Crippen molar-refractivity contribution >= 4 is 12.0 Å². The Bertz CT molecular complexity index is 459. The Balaban J connectivity index is 2.41. The molecule has 2 amide bonds. The lowest BCUT2D eigenvalue weighted by molar-refractivity contribution is -0.136. The molecule has 1 unspecified atom stereocenters. The van der Waals surface area contributed by atoms with Crippen molar-refractivity contribution in [2.75, 3.05) is 13.2 Å². The van der Waals surface area contributed by atoms with E-state index in [1.54, 1.807) is 0 Å². The van der Waals surface area contributed by atoms with Crippen LogP contribution < -0.4 is 15.4 Å². The summed E-state index contributed by atoms with van der Waals surface area (Å²) < 4.78 is 5.49. The van der Waals surface area contributed by atoms with Crippen molar-refractivity contribution in [3.63, 3.8) is 0 Å². The van der Waals surface area contributed by atoms with Gasteiger partial charge in [0.1, 0.15) is 5.75 Å². The lowest BCUT2D eigenvalue weighted by Crippen LogP contribution is -2.38. The molecule has 1 aromatic carbocycles. The van der Waals surface area contributed by atoms with E-state index in [2.05, 4.69) is 10.6 Å². The van der Waals surface area contributed by atoms with E-state index in [9.17, 15) is 9.59 Å². The van der Waals surface area contributed by atoms with Crippen molar-refractivity contribution in [3.05, 3.63) is 29.8 Å². The van der Waals surface area contributed by atoms with Gasteiger partial charge in [-0.3, -0.25) is 4.79 Å². The Morgan fingerprint density at radius 1 is 1.29 bits per heavy atom. The molecular weight excluding hydrogens is 272 g/mol. The van der Waals surface area contributed by atoms with Gasteiger partial charge in [0.2, 0.25) is 0 Å². The molecule has 0 aliphatic carbocycles. The number of carboxylic acids is 1. The van der Waals surface area contributed by atoms with E-state index in [4.69, 9.17) is 9.84 Å². The fourth-order valence-electron chi connectivity index (χ4n) is 1.69. The molecule has 3 N–H and O–H groups in total. The summed E-state index contributed by atoms with van der Waals surface area (Å²) in [5.41, 5.74) is 0.951. The minimum Gasteiger partial charge on any atom is -0.494 e. The quantitative estimate of drug-likeness (QED) is 0.686. The molecule has 0 saturated heterocycles. The molecule has 0 heterocycles. The standard InChI is InChI=1S/C15H22N2O4/c1-3-10-21-13-6-4-12(5-7-13)11(2)17-15(20)16-9-8-14(18)19/h4-7,11H,3,8-10H2,1-2H3,(H,18,19)(H2,16,17,20). The number of carbonyl (C=O) groups is 2. The van der Waals surface area contributed by atoms with Gasteiger partial charge in [0.25, 0.3) is 0 Å². The molecule has 0 bridgehead atoms. The maximum atomic E-state index is 11.6. The molecule has 0 radical (unpaired) electrons. The van der Waals surface area contributed by atoms with Gasteiger partial charge in [0.15, 0.2) is 0 Å². The Hall–Kier alpha value is -2.24. The zero-order valence-electron chi connectivity index (χ0n) is 12.4. The average molecular weight is 294 g/mol. The largest absolute Gasteiger partial charge is 0.494 e. The minimum absolute atomic E-state index is 0.0920. The van der Waals surface area contributed by atoms with Gasteiger partial charge in [-0.1, -0.05) is 19.1 Å². The lowest BCUT2D eigenvalue weighted by Gasteiger charge is -2.15. The number of aliphatic carboxylic acids is 1. The number of ether oxygens (including phenoxy) is 1. The van der Waals surface area contributed by atoms with Crippen molar-refractivity contribution in [2.24, 2.45) is 0 Å². The Labute approximate surface area is 124 Å². The van der Waals surface area contributed by atoms with Gasteiger partial charge in [0.05, 0.1) is 19.1 Å². The average Bonchev–Trinajstić information content (AvgIpc) is 2.45. The highest BCUT2D eigenvalue weighted by molar-refractivity contribution is 5.75. The van der Waals surface area contributed by atoms with Gasteiger partial charge >= 0.3 is 12.0 Å². The maximum Gasteiger partial charge on any atom is 0.315 e. The van der Waals surface area contributed by atoms with Gasteiger partial charge in [-0.15, -0.1) is 0 Å². The van der Waals surface area contributed by atoms with Gasteiger partial charge in [-0.2, -0.15) is 0 Å². The highest BCUT2D eigenvalue weighted by Crippen LogP contribution is 2.17. The Kier molecular flexibility index (Phi) is 7.08. The van der Waals surface area contributed by atoms with Crippen molar-refractivity contribution < 1.29 is 19.4 Å². The van der Waals surface area contributed by atoms with Gasteiger partial charge < -0.3 is 20.5 Å². The summed E-state index contributed by atoms with van der Waals surface area (Å²) in [4.78, 5) is 21.9. The second-order valence-corrected chi connectivity index (χ2v) is 4.68. The van der Waals surface area contributed by atoms with Gasteiger partial charge in [0, 0.05) is 6.54 Å². The highest BCUT2D eigenvalue weighted by Gasteiger charge is 2.09. The van der Waals surface area contributed by atoms with E-state index in [0.29, 0.717) is 6.61 Å². The molecule has 6 nitrogen and oxygen atoms in total. The second-order valence-electron chi connectivity index (χ2n) is 4.68. The molecule has 0 spiro atoms. The van der Waals surface area contributed by atoms with Crippen LogP contribution >= 0.6 is 0 Å². The molecule has 0 fully saturated rings. The summed E-state index contributed by atoms with van der Waals surface area (Å²) in [7, 11) is 0. The molecule has 6 heteroatoms. The van der Waals surface area contributed by atoms with E-state index < -0.39 is 5.97 Å². The summed E-state index contributed by atoms with van der Waals surface area (Å²) in [6.45, 7) is 4.69. The molecule has 0 aliphatic rings. The van der Waals surface area contributed by atoms with Crippen molar-refractivity contribution in [1.82, 2.24) is 10.6 Å². The first-order valence-corrected chi connectivity index (χ1v) is 7.01. The van der Waals surface area contributed by atoms with Crippen LogP contribution in [-0.2, 0) is 4.79 Å². The zero-order valence-corrected chi connectivity index (χ0v) is 12.4. The number of amides is 2. The zero-order chi connectivity index (χ0) is 15.7. The number of hydrogen-bond acceptors (Lipinski definition) is 3. The first kappa shape index (κ1) is 16.8. The molecule has 21 heavy (non-hydrogen) atoms. The topological polar surface area (TPSA) is 87.7 Å². The Morgan fingerprint density at radius 3 is 2.52 bits per heavy atom. The summed E-state index contributed by atoms with van der Waals surface area (Å²) in [6.07, 6.45) is 0.863. The van der Waals surface area contributed by atoms with Gasteiger partial charge in [-0.05, 0) is 31.0 Å². The third-order valence-electron chi connectivity index (χ3n) is 2.82. The molecule has 0 aromatic heterocycles. The summed E-state index contributed by atoms with van der Waals surface area (Å²) >= 11 is 0. The molecule has 1 rings (SSSR count). The predicted molar refractivity (Wildman–Crippen MR) is 79.4 cm³/mol. The number of nitrogens with one attached hydrogen (secondary N) is 2. The fourth-order valence-corrected chi connectivity index (χ4v) is 1.69. The third-order valence-corrected chi connectivity index (χ3v) is 2.82. The van der Waals surface area contributed by atoms with E-state index in [1.807, 2.05) is 38.1 Å². The second kappa shape index (κ2) is 8.84. The van der Waals surface area contributed by atoms with Crippen LogP contribution in [0.2, 0.25) is 0 Å². The number of benzene rings is 1. The normalized spacial score (nSPS) is 11.5. The molecule has 116 valence electrons. The molecule has 0 aliphatic heterocycles. The van der Waals surface area contributed by atoms with Crippen LogP contribution in [0.5, 0.6) is 5.75 Å². The minimum atomic E-state index is -0.939. The number of carbonyl (C=O) groups excluding carboxylic acids is 1. The van der Waals surface area contributed by atoms with E-state index in [1.165, 1.54) is 0 Å². The Morgan fingerprint density at radius 2 is 1.95 bits per heavy atom. The van der Waals surface area contributed by atoms with Crippen LogP contribution in [-0.4, -0.2) is 30.3 Å². The molecular formula is C15H22N2O4. The first-order chi connectivity index (χ1) is 10.0. The number of carboxylic acid groups (broad SMARTS) is 1. The van der Waals surface area contributed by atoms with E-state index in [-0.39, 0.29) is 25.0 Å². The molecule has 1 atom stereocenters. The van der Waals surface area contributed by atoms with Crippen molar-refractivity contribution in [3.8, 4) is 5.75 Å². The van der Waals surface area contributed by atoms with Crippen LogP contribution in [0.25, 0.3) is 0 Å². The molecule has 1 aromatic rings. The highest BCUT2D eigenvalue weighted by atomic mass is 16.5. The van der Waals surface area contributed by atoms with E-state index in [0.717, 1.165) is 17.7 Å². The maximum absolute atomic E-state index is 11.6. The number of urea groups is 1. The smallest absolute Gasteiger partial charge is 0.315 e. The number of hydrogen-bond donors (Lipinski definition) is 3. The van der Waals surface area contributed by atoms with Crippen LogP contribution in [0.4, 0.5) is 4.79 Å². The third kappa shape index (κ3) is 6.65. The fraction of sp³-hybridized carbons (Fsp3) is 0.467. The summed E-state index contributed by atoms with van der Waals surface area (Å²) in [5.74, 6) is -0.135. The predicted octanol–water partition coefficient (Wildman–Crippen LogP) is 2.31. The number of rotatable bonds is 8. The van der Waals surface area contributed by atoms with Gasteiger partial charge in [-0.25, -0.2) is 4.79 Å². The van der Waals surface area contributed by atoms with Crippen LogP contribution in [0.1, 0.15) is 38.3 Å². The summed E-state index contributed by atoms with van der Waals surface area (Å²) in [6, 6.07) is 6.97. The lowest BCUT2D eigenvalue weighted by atomic mass is 10.1. The van der Waals surface area contributed by atoms with E-state index >= 15 is 0 Å². The molecule has 0 saturated carbocycles. The van der Waals surface area contributed by atoms with Crippen molar-refractivity contribution in [2.45, 2.75) is 32.7 Å².